The largest absolute Gasteiger partial charge is 0.383 e. The number of hydrogen-bond donors (Lipinski definition) is 1. The van der Waals surface area contributed by atoms with Gasteiger partial charge < -0.3 is 9.88 Å². The van der Waals surface area contributed by atoms with E-state index in [0.29, 0.717) is 6.42 Å². The molecule has 0 saturated heterocycles. The number of nitro groups is 1. The maximum absolute atomic E-state index is 11.9. The molecule has 0 radical (unpaired) electrons. The minimum Gasteiger partial charge on any atom is -0.383 e. The molecule has 8 nitrogen and oxygen atoms in total. The van der Waals surface area contributed by atoms with E-state index in [1.807, 2.05) is 0 Å². The van der Waals surface area contributed by atoms with Crippen molar-refractivity contribution in [3.63, 3.8) is 0 Å². The van der Waals surface area contributed by atoms with Gasteiger partial charge in [0.05, 0.1) is 4.92 Å². The average Bonchev–Trinajstić information content (AvgIpc) is 2.30. The molecule has 0 aliphatic carbocycles. The highest BCUT2D eigenvalue weighted by Crippen LogP contribution is 2.10. The number of nitrogens with zero attached hydrogens (tertiary/aromatic N) is 3. The molecule has 1 heterocycles. The van der Waals surface area contributed by atoms with Crippen LogP contribution >= 0.6 is 0 Å². The van der Waals surface area contributed by atoms with Crippen LogP contribution in [0, 0.1) is 10.1 Å². The Balaban J connectivity index is 3.53. The van der Waals surface area contributed by atoms with E-state index in [4.69, 9.17) is 0 Å². The van der Waals surface area contributed by atoms with Gasteiger partial charge >= 0.3 is 16.9 Å². The van der Waals surface area contributed by atoms with E-state index in [1.54, 1.807) is 25.9 Å². The summed E-state index contributed by atoms with van der Waals surface area (Å²) >= 11 is 0. The third kappa shape index (κ3) is 3.30. The molecule has 1 aromatic rings. The minimum atomic E-state index is -0.881. The maximum atomic E-state index is 11.9. The van der Waals surface area contributed by atoms with Crippen LogP contribution in [-0.2, 0) is 6.54 Å². The van der Waals surface area contributed by atoms with Gasteiger partial charge in [0, 0.05) is 26.8 Å². The van der Waals surface area contributed by atoms with Crippen molar-refractivity contribution in [1.82, 2.24) is 14.5 Å². The first-order valence-electron chi connectivity index (χ1n) is 5.74. The summed E-state index contributed by atoms with van der Waals surface area (Å²) in [4.78, 5) is 37.8. The first kappa shape index (κ1) is 14.7. The Bertz CT molecular complexity index is 612. The predicted octanol–water partition coefficient (Wildman–Crippen LogP) is 0.387. The lowest BCUT2D eigenvalue weighted by Crippen LogP contribution is -2.37. The smallest absolute Gasteiger partial charge is 0.357 e. The molecule has 8 heteroatoms. The van der Waals surface area contributed by atoms with Crippen LogP contribution in [-0.4, -0.2) is 33.5 Å². The van der Waals surface area contributed by atoms with Crippen LogP contribution in [0.25, 0.3) is 6.08 Å². The zero-order chi connectivity index (χ0) is 14.6. The summed E-state index contributed by atoms with van der Waals surface area (Å²) in [6, 6.07) is 0. The first-order valence-corrected chi connectivity index (χ1v) is 5.74. The third-order valence-electron chi connectivity index (χ3n) is 2.36. The molecule has 0 spiro atoms. The summed E-state index contributed by atoms with van der Waals surface area (Å²) in [6.45, 7) is 1.92. The van der Waals surface area contributed by atoms with Crippen LogP contribution in [0.5, 0.6) is 0 Å². The van der Waals surface area contributed by atoms with Gasteiger partial charge in [-0.2, -0.15) is 0 Å². The minimum absolute atomic E-state index is 0.0962. The van der Waals surface area contributed by atoms with Gasteiger partial charge in [-0.3, -0.25) is 19.5 Å². The molecule has 0 saturated carbocycles. The molecule has 0 fully saturated rings. The van der Waals surface area contributed by atoms with E-state index >= 15 is 0 Å². The lowest BCUT2D eigenvalue weighted by Gasteiger charge is -2.06. The van der Waals surface area contributed by atoms with Crippen molar-refractivity contribution in [3.05, 3.63) is 42.8 Å². The highest BCUT2D eigenvalue weighted by atomic mass is 16.6. The van der Waals surface area contributed by atoms with E-state index < -0.39 is 21.9 Å². The van der Waals surface area contributed by atoms with Crippen molar-refractivity contribution >= 4 is 11.8 Å². The van der Waals surface area contributed by atoms with Crippen LogP contribution in [0.2, 0.25) is 0 Å². The van der Waals surface area contributed by atoms with Crippen LogP contribution in [0.3, 0.4) is 0 Å². The Hall–Kier alpha value is -2.38. The van der Waals surface area contributed by atoms with Crippen molar-refractivity contribution in [2.24, 2.45) is 0 Å². The Labute approximate surface area is 109 Å². The molecular weight excluding hydrogens is 252 g/mol. The zero-order valence-electron chi connectivity index (χ0n) is 11.0. The lowest BCUT2D eigenvalue weighted by atomic mass is 10.3. The molecule has 0 unspecified atom stereocenters. The van der Waals surface area contributed by atoms with E-state index in [2.05, 4.69) is 4.98 Å². The van der Waals surface area contributed by atoms with E-state index in [9.17, 15) is 19.7 Å². The topological polar surface area (TPSA) is 101 Å². The molecule has 0 bridgehead atoms. The van der Waals surface area contributed by atoms with Gasteiger partial charge in [-0.25, -0.2) is 4.79 Å². The van der Waals surface area contributed by atoms with Crippen molar-refractivity contribution in [2.45, 2.75) is 19.9 Å². The summed E-state index contributed by atoms with van der Waals surface area (Å²) in [7, 11) is 3.44. The molecule has 19 heavy (non-hydrogen) atoms. The summed E-state index contributed by atoms with van der Waals surface area (Å²) in [5.41, 5.74) is -2.24. The van der Waals surface area contributed by atoms with Crippen molar-refractivity contribution in [1.29, 1.82) is 0 Å². The maximum Gasteiger partial charge on any atom is 0.357 e. The van der Waals surface area contributed by atoms with Gasteiger partial charge in [0.25, 0.3) is 0 Å². The lowest BCUT2D eigenvalue weighted by molar-refractivity contribution is -0.387. The van der Waals surface area contributed by atoms with Crippen molar-refractivity contribution in [3.8, 4) is 0 Å². The number of hydrogen-bond acceptors (Lipinski definition) is 5. The fraction of sp³-hybridized carbons (Fsp3) is 0.455. The molecule has 1 N–H and O–H groups in total. The molecular formula is C11H16N4O4. The summed E-state index contributed by atoms with van der Waals surface area (Å²) < 4.78 is 0.838. The monoisotopic (exact) mass is 268 g/mol. The molecule has 1 rings (SSSR count). The normalized spacial score (nSPS) is 10.9. The van der Waals surface area contributed by atoms with Crippen molar-refractivity contribution in [2.75, 3.05) is 14.1 Å². The molecule has 0 aliphatic rings. The second-order valence-corrected chi connectivity index (χ2v) is 4.19. The molecule has 1 aromatic heterocycles. The Morgan fingerprint density at radius 3 is 2.53 bits per heavy atom. The number of H-pyrrole nitrogens is 1. The Morgan fingerprint density at radius 2 is 2.05 bits per heavy atom. The number of rotatable bonds is 5. The average molecular weight is 268 g/mol. The van der Waals surface area contributed by atoms with Gasteiger partial charge in [-0.15, -0.1) is 0 Å². The SMILES string of the molecule is CCCn1c(=O)[nH]c(/C=C/N(C)C)c([N+](=O)[O-])c1=O. The first-order chi connectivity index (χ1) is 8.88. The number of aromatic nitrogens is 2. The number of aromatic amines is 1. The van der Waals surface area contributed by atoms with Crippen LogP contribution in [0.15, 0.2) is 15.8 Å². The van der Waals surface area contributed by atoms with Crippen LogP contribution in [0.4, 0.5) is 5.69 Å². The predicted molar refractivity (Wildman–Crippen MR) is 71.0 cm³/mol. The summed E-state index contributed by atoms with van der Waals surface area (Å²) in [6.07, 6.45) is 3.38. The molecule has 0 amide bonds. The fourth-order valence-corrected chi connectivity index (χ4v) is 1.52. The summed E-state index contributed by atoms with van der Waals surface area (Å²) in [5.74, 6) is 0. The number of nitrogens with one attached hydrogen (secondary N) is 1. The Kier molecular flexibility index (Phi) is 4.62. The molecule has 104 valence electrons. The Morgan fingerprint density at radius 1 is 1.42 bits per heavy atom. The highest BCUT2D eigenvalue weighted by molar-refractivity contribution is 5.55. The van der Waals surface area contributed by atoms with Gasteiger partial charge in [0.2, 0.25) is 0 Å². The fourth-order valence-electron chi connectivity index (χ4n) is 1.52. The van der Waals surface area contributed by atoms with Crippen LogP contribution < -0.4 is 11.2 Å². The third-order valence-corrected chi connectivity index (χ3v) is 2.36. The van der Waals surface area contributed by atoms with E-state index in [1.165, 1.54) is 12.3 Å². The molecule has 0 aliphatic heterocycles. The highest BCUT2D eigenvalue weighted by Gasteiger charge is 2.22. The van der Waals surface area contributed by atoms with E-state index in [-0.39, 0.29) is 12.2 Å². The van der Waals surface area contributed by atoms with Gasteiger partial charge in [-0.05, 0) is 12.5 Å². The zero-order valence-corrected chi connectivity index (χ0v) is 11.0. The molecule has 0 atom stereocenters. The summed E-state index contributed by atoms with van der Waals surface area (Å²) in [5, 5.41) is 11.0. The van der Waals surface area contributed by atoms with Gasteiger partial charge in [0.15, 0.2) is 0 Å². The van der Waals surface area contributed by atoms with Crippen LogP contribution in [0.1, 0.15) is 19.0 Å². The van der Waals surface area contributed by atoms with Gasteiger partial charge in [0.1, 0.15) is 5.69 Å². The van der Waals surface area contributed by atoms with E-state index in [0.717, 1.165) is 4.57 Å². The van der Waals surface area contributed by atoms with Crippen molar-refractivity contribution < 1.29 is 4.92 Å². The molecule has 0 aromatic carbocycles. The quantitative estimate of drug-likeness (QED) is 0.614. The second-order valence-electron chi connectivity index (χ2n) is 4.19. The van der Waals surface area contributed by atoms with Gasteiger partial charge in [-0.1, -0.05) is 6.92 Å². The second kappa shape index (κ2) is 5.98. The standard InChI is InChI=1S/C11H16N4O4/c1-4-6-14-10(16)9(15(18)19)8(12-11(14)17)5-7-13(2)3/h5,7H,4,6H2,1-3H3,(H,12,17)/b7-5+.